The molecule has 0 amide bonds. The van der Waals surface area contributed by atoms with Crippen LogP contribution in [0.25, 0.3) is 67.5 Å². The minimum atomic E-state index is 0.664. The second-order valence-corrected chi connectivity index (χ2v) is 14.1. The van der Waals surface area contributed by atoms with E-state index in [1.807, 2.05) is 60.7 Å². The minimum Gasteiger partial charge on any atom is -0.310 e. The average molecular weight is 717 g/mol. The van der Waals surface area contributed by atoms with Crippen molar-refractivity contribution in [1.82, 2.24) is 15.0 Å². The summed E-state index contributed by atoms with van der Waals surface area (Å²) >= 11 is 0. The molecule has 4 nitrogen and oxygen atoms in total. The van der Waals surface area contributed by atoms with Gasteiger partial charge in [0.15, 0.2) is 17.5 Å². The van der Waals surface area contributed by atoms with Gasteiger partial charge in [0.05, 0.1) is 0 Å². The summed E-state index contributed by atoms with van der Waals surface area (Å²) in [4.78, 5) is 17.3. The van der Waals surface area contributed by atoms with Gasteiger partial charge in [-0.15, -0.1) is 0 Å². The van der Waals surface area contributed by atoms with Crippen molar-refractivity contribution in [3.63, 3.8) is 0 Å². The van der Waals surface area contributed by atoms with Gasteiger partial charge < -0.3 is 4.90 Å². The molecule has 1 aliphatic rings. The van der Waals surface area contributed by atoms with Crippen LogP contribution in [-0.2, 0) is 6.42 Å². The molecule has 0 saturated heterocycles. The van der Waals surface area contributed by atoms with E-state index in [0.717, 1.165) is 40.2 Å². The van der Waals surface area contributed by atoms with Crippen molar-refractivity contribution in [3.8, 4) is 67.5 Å². The zero-order valence-corrected chi connectivity index (χ0v) is 30.6. The Kier molecular flexibility index (Phi) is 8.54. The van der Waals surface area contributed by atoms with Gasteiger partial charge in [-0.1, -0.05) is 164 Å². The van der Waals surface area contributed by atoms with Crippen LogP contribution in [0.15, 0.2) is 206 Å². The normalized spacial score (nSPS) is 11.5. The molecule has 0 N–H and O–H groups in total. The van der Waals surface area contributed by atoms with E-state index < -0.39 is 0 Å². The fourth-order valence-corrected chi connectivity index (χ4v) is 7.86. The highest BCUT2D eigenvalue weighted by molar-refractivity contribution is 5.88. The maximum Gasteiger partial charge on any atom is 0.164 e. The van der Waals surface area contributed by atoms with Crippen molar-refractivity contribution in [2.45, 2.75) is 6.42 Å². The third-order valence-corrected chi connectivity index (χ3v) is 10.5. The highest BCUT2D eigenvalue weighted by Gasteiger charge is 2.24. The standard InChI is InChI=1S/C52H36N4/c1-5-16-36(17-6-1)39-22-13-26-44(33-39)56(43-24-11-4-12-25-43)45-27-14-23-40(34-45)46-28-15-29-48-47-31-30-41(32-42(47)35-49(46)48)52-54-50(37-18-7-2-8-19-37)53-51(55-52)38-20-9-3-10-21-38/h1-34H,35H2. The molecular weight excluding hydrogens is 681 g/mol. The molecule has 1 aromatic heterocycles. The first-order valence-electron chi connectivity index (χ1n) is 19.0. The van der Waals surface area contributed by atoms with Crippen LogP contribution >= 0.6 is 0 Å². The predicted molar refractivity (Wildman–Crippen MR) is 230 cm³/mol. The van der Waals surface area contributed by atoms with E-state index in [0.29, 0.717) is 17.5 Å². The highest BCUT2D eigenvalue weighted by atomic mass is 15.1. The summed E-state index contributed by atoms with van der Waals surface area (Å²) in [6.07, 6.45) is 0.822. The van der Waals surface area contributed by atoms with Gasteiger partial charge in [0, 0.05) is 33.8 Å². The van der Waals surface area contributed by atoms with Crippen LogP contribution in [-0.4, -0.2) is 15.0 Å². The van der Waals surface area contributed by atoms with E-state index in [-0.39, 0.29) is 0 Å². The van der Waals surface area contributed by atoms with Crippen molar-refractivity contribution < 1.29 is 0 Å². The summed E-state index contributed by atoms with van der Waals surface area (Å²) in [5, 5.41) is 0. The summed E-state index contributed by atoms with van der Waals surface area (Å²) in [7, 11) is 0. The maximum absolute atomic E-state index is 5.01. The van der Waals surface area contributed by atoms with Gasteiger partial charge >= 0.3 is 0 Å². The van der Waals surface area contributed by atoms with Crippen LogP contribution in [0, 0.1) is 0 Å². The lowest BCUT2D eigenvalue weighted by Crippen LogP contribution is -2.10. The lowest BCUT2D eigenvalue weighted by molar-refractivity contribution is 1.07. The second kappa shape index (κ2) is 14.4. The molecule has 8 aromatic carbocycles. The molecule has 56 heavy (non-hydrogen) atoms. The van der Waals surface area contributed by atoms with Gasteiger partial charge in [-0.05, 0) is 93.4 Å². The number of fused-ring (bicyclic) bond motifs is 3. The fourth-order valence-electron chi connectivity index (χ4n) is 7.86. The molecule has 0 radical (unpaired) electrons. The van der Waals surface area contributed by atoms with Gasteiger partial charge in [-0.3, -0.25) is 0 Å². The summed E-state index contributed by atoms with van der Waals surface area (Å²) in [6.45, 7) is 0. The molecule has 0 spiro atoms. The summed E-state index contributed by atoms with van der Waals surface area (Å²) in [5.74, 6) is 2.00. The van der Waals surface area contributed by atoms with Crippen molar-refractivity contribution >= 4 is 17.1 Å². The van der Waals surface area contributed by atoms with E-state index in [1.165, 1.54) is 44.5 Å². The van der Waals surface area contributed by atoms with E-state index >= 15 is 0 Å². The molecule has 0 unspecified atom stereocenters. The molecule has 9 aromatic rings. The molecule has 0 atom stereocenters. The molecule has 0 aliphatic heterocycles. The van der Waals surface area contributed by atoms with Gasteiger partial charge in [0.2, 0.25) is 0 Å². The first-order valence-corrected chi connectivity index (χ1v) is 19.0. The third kappa shape index (κ3) is 6.33. The minimum absolute atomic E-state index is 0.664. The van der Waals surface area contributed by atoms with E-state index in [4.69, 9.17) is 15.0 Å². The topological polar surface area (TPSA) is 41.9 Å². The second-order valence-electron chi connectivity index (χ2n) is 14.1. The largest absolute Gasteiger partial charge is 0.310 e. The Hall–Kier alpha value is -7.43. The van der Waals surface area contributed by atoms with Crippen LogP contribution in [0.5, 0.6) is 0 Å². The van der Waals surface area contributed by atoms with Crippen molar-refractivity contribution in [2.75, 3.05) is 4.90 Å². The van der Waals surface area contributed by atoms with E-state index in [9.17, 15) is 0 Å². The lowest BCUT2D eigenvalue weighted by Gasteiger charge is -2.26. The van der Waals surface area contributed by atoms with Crippen LogP contribution in [0.1, 0.15) is 11.1 Å². The molecule has 10 rings (SSSR count). The van der Waals surface area contributed by atoms with E-state index in [2.05, 4.69) is 150 Å². The Morgan fingerprint density at radius 3 is 1.39 bits per heavy atom. The quantitative estimate of drug-likeness (QED) is 0.157. The number of hydrogen-bond acceptors (Lipinski definition) is 4. The lowest BCUT2D eigenvalue weighted by atomic mass is 9.95. The average Bonchev–Trinajstić information content (AvgIpc) is 3.66. The Bertz CT molecular complexity index is 2760. The number of hydrogen-bond donors (Lipinski definition) is 0. The monoisotopic (exact) mass is 716 g/mol. The molecule has 4 heteroatoms. The maximum atomic E-state index is 5.01. The third-order valence-electron chi connectivity index (χ3n) is 10.5. The van der Waals surface area contributed by atoms with Crippen LogP contribution in [0.4, 0.5) is 17.1 Å². The highest BCUT2D eigenvalue weighted by Crippen LogP contribution is 2.44. The molecule has 1 aliphatic carbocycles. The Morgan fingerprint density at radius 1 is 0.304 bits per heavy atom. The van der Waals surface area contributed by atoms with Crippen molar-refractivity contribution in [3.05, 3.63) is 217 Å². The number of anilines is 3. The summed E-state index contributed by atoms with van der Waals surface area (Å²) in [6, 6.07) is 72.6. The summed E-state index contributed by atoms with van der Waals surface area (Å²) < 4.78 is 0. The van der Waals surface area contributed by atoms with Gasteiger partial charge in [0.1, 0.15) is 0 Å². The molecule has 0 saturated carbocycles. The first-order chi connectivity index (χ1) is 27.7. The van der Waals surface area contributed by atoms with Crippen LogP contribution in [0.2, 0.25) is 0 Å². The van der Waals surface area contributed by atoms with E-state index in [1.54, 1.807) is 0 Å². The molecule has 1 heterocycles. The fraction of sp³-hybridized carbons (Fsp3) is 0.0192. The van der Waals surface area contributed by atoms with Gasteiger partial charge in [-0.25, -0.2) is 15.0 Å². The van der Waals surface area contributed by atoms with Crippen molar-refractivity contribution in [1.29, 1.82) is 0 Å². The number of aromatic nitrogens is 3. The zero-order chi connectivity index (χ0) is 37.3. The van der Waals surface area contributed by atoms with Crippen molar-refractivity contribution in [2.24, 2.45) is 0 Å². The molecule has 0 fully saturated rings. The Morgan fingerprint density at radius 2 is 0.768 bits per heavy atom. The molecular formula is C52H36N4. The first kappa shape index (κ1) is 33.2. The number of para-hydroxylation sites is 1. The smallest absolute Gasteiger partial charge is 0.164 e. The van der Waals surface area contributed by atoms with Crippen LogP contribution < -0.4 is 4.90 Å². The Labute approximate surface area is 327 Å². The number of nitrogens with zero attached hydrogens (tertiary/aromatic N) is 4. The van der Waals surface area contributed by atoms with Gasteiger partial charge in [-0.2, -0.15) is 0 Å². The Balaban J connectivity index is 1.02. The molecule has 264 valence electrons. The SMILES string of the molecule is c1ccc(-c2cccc(N(c3ccccc3)c3cccc(-c4cccc5c4Cc4cc(-c6nc(-c7ccccc7)nc(-c7ccccc7)n6)ccc4-5)c3)c2)cc1. The van der Waals surface area contributed by atoms with Crippen LogP contribution in [0.3, 0.4) is 0 Å². The predicted octanol–water partition coefficient (Wildman–Crippen LogP) is 13.2. The number of rotatable bonds is 8. The molecule has 0 bridgehead atoms. The van der Waals surface area contributed by atoms with Gasteiger partial charge in [0.25, 0.3) is 0 Å². The zero-order valence-electron chi connectivity index (χ0n) is 30.6. The summed E-state index contributed by atoms with van der Waals surface area (Å²) in [5.41, 5.74) is 16.2. The number of benzene rings is 8.